The summed E-state index contributed by atoms with van der Waals surface area (Å²) in [6.45, 7) is 2.26. The molecule has 24 heavy (non-hydrogen) atoms. The van der Waals surface area contributed by atoms with Crippen LogP contribution in [0.25, 0.3) is 5.69 Å². The fraction of sp³-hybridized carbons (Fsp3) is 0.333. The third kappa shape index (κ3) is 3.17. The van der Waals surface area contributed by atoms with Gasteiger partial charge in [0.05, 0.1) is 24.5 Å². The van der Waals surface area contributed by atoms with Gasteiger partial charge in [-0.05, 0) is 25.1 Å². The van der Waals surface area contributed by atoms with E-state index in [1.807, 2.05) is 24.3 Å². The van der Waals surface area contributed by atoms with Crippen LogP contribution in [0.5, 0.6) is 0 Å². The van der Waals surface area contributed by atoms with Crippen LogP contribution in [0, 0.1) is 6.92 Å². The number of ether oxygens (including phenoxy) is 1. The van der Waals surface area contributed by atoms with Crippen LogP contribution in [0.3, 0.4) is 0 Å². The molecule has 1 saturated heterocycles. The monoisotopic (exact) mass is 394 g/mol. The minimum Gasteiger partial charge on any atom is -0.479 e. The van der Waals surface area contributed by atoms with Crippen molar-refractivity contribution >= 4 is 27.8 Å². The second kappa shape index (κ2) is 6.70. The highest BCUT2D eigenvalue weighted by Gasteiger charge is 2.31. The van der Waals surface area contributed by atoms with Gasteiger partial charge in [0.2, 0.25) is 0 Å². The maximum Gasteiger partial charge on any atom is 0.334 e. The molecule has 1 atom stereocenters. The molecule has 0 bridgehead atoms. The number of nitrogens with zero attached hydrogens (tertiary/aromatic N) is 4. The van der Waals surface area contributed by atoms with E-state index in [1.165, 1.54) is 4.90 Å². The Morgan fingerprint density at radius 2 is 2.21 bits per heavy atom. The van der Waals surface area contributed by atoms with E-state index in [1.54, 1.807) is 11.6 Å². The lowest BCUT2D eigenvalue weighted by Gasteiger charge is -2.30. The highest BCUT2D eigenvalue weighted by molar-refractivity contribution is 9.10. The van der Waals surface area contributed by atoms with Crippen LogP contribution in [0.1, 0.15) is 16.2 Å². The van der Waals surface area contributed by atoms with Crippen LogP contribution in [0.15, 0.2) is 28.7 Å². The van der Waals surface area contributed by atoms with E-state index in [-0.39, 0.29) is 24.8 Å². The van der Waals surface area contributed by atoms with Crippen molar-refractivity contribution in [2.24, 2.45) is 0 Å². The zero-order chi connectivity index (χ0) is 17.3. The zero-order valence-electron chi connectivity index (χ0n) is 12.8. The van der Waals surface area contributed by atoms with E-state index in [0.717, 1.165) is 10.2 Å². The van der Waals surface area contributed by atoms with E-state index in [4.69, 9.17) is 9.84 Å². The van der Waals surface area contributed by atoms with Crippen molar-refractivity contribution in [2.45, 2.75) is 13.0 Å². The Morgan fingerprint density at radius 3 is 2.92 bits per heavy atom. The zero-order valence-corrected chi connectivity index (χ0v) is 14.4. The molecule has 0 radical (unpaired) electrons. The Bertz CT molecular complexity index is 792. The first-order chi connectivity index (χ1) is 11.5. The summed E-state index contributed by atoms with van der Waals surface area (Å²) in [6.07, 6.45) is -1.01. The molecule has 3 rings (SSSR count). The Labute approximate surface area is 146 Å². The number of benzene rings is 1. The van der Waals surface area contributed by atoms with Crippen molar-refractivity contribution in [1.29, 1.82) is 0 Å². The fourth-order valence-corrected chi connectivity index (χ4v) is 2.90. The minimum absolute atomic E-state index is 0.00263. The number of hydrogen-bond acceptors (Lipinski definition) is 5. The summed E-state index contributed by atoms with van der Waals surface area (Å²) < 4.78 is 7.60. The summed E-state index contributed by atoms with van der Waals surface area (Å²) in [6, 6.07) is 7.48. The molecule has 1 unspecified atom stereocenters. The number of amides is 1. The number of hydrogen-bond donors (Lipinski definition) is 1. The molecule has 1 aliphatic rings. The number of carboxylic acid groups (broad SMARTS) is 1. The van der Waals surface area contributed by atoms with Crippen molar-refractivity contribution in [3.8, 4) is 5.69 Å². The SMILES string of the molecule is Cc1c(C(=O)N2CCOC(C(=O)O)C2)nnn1-c1cccc(Br)c1. The molecule has 0 spiro atoms. The van der Waals surface area contributed by atoms with Crippen molar-refractivity contribution < 1.29 is 19.4 Å². The van der Waals surface area contributed by atoms with Crippen LogP contribution < -0.4 is 0 Å². The lowest BCUT2D eigenvalue weighted by molar-refractivity contribution is -0.154. The number of carboxylic acids is 1. The van der Waals surface area contributed by atoms with Crippen molar-refractivity contribution in [3.05, 3.63) is 40.1 Å². The quantitative estimate of drug-likeness (QED) is 0.841. The highest BCUT2D eigenvalue weighted by atomic mass is 79.9. The summed E-state index contributed by atoms with van der Waals surface area (Å²) in [5.41, 5.74) is 1.58. The molecule has 8 nitrogen and oxygen atoms in total. The Kier molecular flexibility index (Phi) is 4.63. The van der Waals surface area contributed by atoms with Gasteiger partial charge in [-0.2, -0.15) is 0 Å². The second-order valence-electron chi connectivity index (χ2n) is 5.36. The number of aliphatic carboxylic acids is 1. The number of halogens is 1. The molecule has 2 heterocycles. The molecule has 2 aromatic rings. The summed E-state index contributed by atoms with van der Waals surface area (Å²) in [4.78, 5) is 25.1. The van der Waals surface area contributed by atoms with Gasteiger partial charge in [0.25, 0.3) is 5.91 Å². The third-order valence-corrected chi connectivity index (χ3v) is 4.27. The predicted octanol–water partition coefficient (Wildman–Crippen LogP) is 1.26. The van der Waals surface area contributed by atoms with Crippen LogP contribution in [-0.4, -0.2) is 62.7 Å². The standard InChI is InChI=1S/C15H15BrN4O4/c1-9-13(14(21)19-5-6-24-12(8-19)15(22)23)17-18-20(9)11-4-2-3-10(16)7-11/h2-4,7,12H,5-6,8H2,1H3,(H,22,23). The van der Waals surface area contributed by atoms with Crippen LogP contribution >= 0.6 is 15.9 Å². The number of morpholine rings is 1. The summed E-state index contributed by atoms with van der Waals surface area (Å²) in [5.74, 6) is -1.43. The largest absolute Gasteiger partial charge is 0.479 e. The van der Waals surface area contributed by atoms with Gasteiger partial charge in [-0.3, -0.25) is 4.79 Å². The Balaban J connectivity index is 1.85. The van der Waals surface area contributed by atoms with Crippen LogP contribution in [0.4, 0.5) is 0 Å². The first-order valence-corrected chi connectivity index (χ1v) is 8.08. The summed E-state index contributed by atoms with van der Waals surface area (Å²) >= 11 is 3.40. The number of carbonyl (C=O) groups is 2. The average Bonchev–Trinajstić information content (AvgIpc) is 2.96. The van der Waals surface area contributed by atoms with E-state index in [0.29, 0.717) is 12.2 Å². The summed E-state index contributed by atoms with van der Waals surface area (Å²) in [7, 11) is 0. The lowest BCUT2D eigenvalue weighted by atomic mass is 10.2. The van der Waals surface area contributed by atoms with E-state index >= 15 is 0 Å². The predicted molar refractivity (Wildman–Crippen MR) is 87.1 cm³/mol. The molecule has 1 amide bonds. The van der Waals surface area contributed by atoms with E-state index in [9.17, 15) is 9.59 Å². The molecule has 9 heteroatoms. The van der Waals surface area contributed by atoms with Crippen molar-refractivity contribution in [1.82, 2.24) is 19.9 Å². The molecule has 0 saturated carbocycles. The van der Waals surface area contributed by atoms with Gasteiger partial charge in [0.15, 0.2) is 11.8 Å². The summed E-state index contributed by atoms with van der Waals surface area (Å²) in [5, 5.41) is 17.1. The van der Waals surface area contributed by atoms with Gasteiger partial charge in [-0.1, -0.05) is 27.2 Å². The topological polar surface area (TPSA) is 97.6 Å². The van der Waals surface area contributed by atoms with E-state index in [2.05, 4.69) is 26.2 Å². The molecule has 126 valence electrons. The van der Waals surface area contributed by atoms with Crippen molar-refractivity contribution in [3.63, 3.8) is 0 Å². The molecule has 1 aromatic carbocycles. The molecule has 1 N–H and O–H groups in total. The van der Waals surface area contributed by atoms with Gasteiger partial charge < -0.3 is 14.7 Å². The molecule has 0 aliphatic carbocycles. The molecule has 1 fully saturated rings. The average molecular weight is 395 g/mol. The molecular weight excluding hydrogens is 380 g/mol. The third-order valence-electron chi connectivity index (χ3n) is 3.78. The van der Waals surface area contributed by atoms with Gasteiger partial charge in [-0.15, -0.1) is 5.10 Å². The lowest BCUT2D eigenvalue weighted by Crippen LogP contribution is -2.48. The fourth-order valence-electron chi connectivity index (χ4n) is 2.51. The van der Waals surface area contributed by atoms with Crippen LogP contribution in [-0.2, 0) is 9.53 Å². The smallest absolute Gasteiger partial charge is 0.334 e. The minimum atomic E-state index is -1.08. The van der Waals surface area contributed by atoms with Crippen molar-refractivity contribution in [2.75, 3.05) is 19.7 Å². The molecule has 1 aliphatic heterocycles. The number of aromatic nitrogens is 3. The first kappa shape index (κ1) is 16.6. The first-order valence-electron chi connectivity index (χ1n) is 7.29. The Morgan fingerprint density at radius 1 is 1.42 bits per heavy atom. The highest BCUT2D eigenvalue weighted by Crippen LogP contribution is 2.18. The molecular formula is C15H15BrN4O4. The van der Waals surface area contributed by atoms with Gasteiger partial charge >= 0.3 is 5.97 Å². The second-order valence-corrected chi connectivity index (χ2v) is 6.28. The van der Waals surface area contributed by atoms with Crippen LogP contribution in [0.2, 0.25) is 0 Å². The maximum atomic E-state index is 12.7. The van der Waals surface area contributed by atoms with Gasteiger partial charge in [-0.25, -0.2) is 9.48 Å². The molecule has 1 aromatic heterocycles. The van der Waals surface area contributed by atoms with Gasteiger partial charge in [0.1, 0.15) is 0 Å². The normalized spacial score (nSPS) is 17.8. The van der Waals surface area contributed by atoms with E-state index < -0.39 is 12.1 Å². The Hall–Kier alpha value is -2.26. The number of carbonyl (C=O) groups excluding carboxylic acids is 1. The maximum absolute atomic E-state index is 12.7. The van der Waals surface area contributed by atoms with Gasteiger partial charge in [0, 0.05) is 11.0 Å². The number of rotatable bonds is 3.